The van der Waals surface area contributed by atoms with Crippen LogP contribution in [0.15, 0.2) is 54.7 Å². The van der Waals surface area contributed by atoms with Crippen molar-refractivity contribution in [1.29, 1.82) is 0 Å². The van der Waals surface area contributed by atoms with Gasteiger partial charge in [-0.15, -0.1) is 5.10 Å². The molecule has 1 aliphatic heterocycles. The molecule has 0 amide bonds. The van der Waals surface area contributed by atoms with Crippen molar-refractivity contribution in [2.75, 3.05) is 48.8 Å². The van der Waals surface area contributed by atoms with Crippen LogP contribution >= 0.6 is 0 Å². The van der Waals surface area contributed by atoms with Gasteiger partial charge >= 0.3 is 0 Å². The lowest BCUT2D eigenvalue weighted by Crippen LogP contribution is -2.44. The van der Waals surface area contributed by atoms with E-state index in [9.17, 15) is 0 Å². The van der Waals surface area contributed by atoms with Gasteiger partial charge in [0, 0.05) is 44.1 Å². The van der Waals surface area contributed by atoms with Gasteiger partial charge < -0.3 is 20.4 Å². The van der Waals surface area contributed by atoms with E-state index < -0.39 is 0 Å². The summed E-state index contributed by atoms with van der Waals surface area (Å²) in [6.07, 6.45) is 1.63. The maximum atomic E-state index is 4.51. The first-order valence-corrected chi connectivity index (χ1v) is 9.95. The van der Waals surface area contributed by atoms with E-state index in [1.165, 1.54) is 16.8 Å². The van der Waals surface area contributed by atoms with Crippen LogP contribution in [0.1, 0.15) is 11.1 Å². The van der Waals surface area contributed by atoms with Crippen LogP contribution in [0, 0.1) is 6.92 Å². The predicted octanol–water partition coefficient (Wildman–Crippen LogP) is 3.29. The first-order chi connectivity index (χ1) is 14.2. The Bertz CT molecular complexity index is 917. The largest absolute Gasteiger partial charge is 0.369 e. The lowest BCUT2D eigenvalue weighted by molar-refractivity contribution is 0.313. The van der Waals surface area contributed by atoms with E-state index in [2.05, 4.69) is 98.1 Å². The monoisotopic (exact) mass is 389 g/mol. The SMILES string of the molecule is Cc1ccc(CNc2nncc(Nc3ccc(N4CCN(C)CC4)cc3)n2)cc1. The highest BCUT2D eigenvalue weighted by Crippen LogP contribution is 2.21. The zero-order valence-corrected chi connectivity index (χ0v) is 17.0. The summed E-state index contributed by atoms with van der Waals surface area (Å²) >= 11 is 0. The third-order valence-electron chi connectivity index (χ3n) is 5.14. The Hall–Kier alpha value is -3.19. The Morgan fingerprint density at radius 1 is 0.931 bits per heavy atom. The fourth-order valence-electron chi connectivity index (χ4n) is 3.29. The summed E-state index contributed by atoms with van der Waals surface area (Å²) in [4.78, 5) is 9.29. The molecule has 0 saturated carbocycles. The molecule has 0 radical (unpaired) electrons. The summed E-state index contributed by atoms with van der Waals surface area (Å²) in [5.74, 6) is 1.17. The van der Waals surface area contributed by atoms with Gasteiger partial charge in [0.05, 0.1) is 6.20 Å². The minimum atomic E-state index is 0.504. The van der Waals surface area contributed by atoms with Crippen molar-refractivity contribution in [1.82, 2.24) is 20.1 Å². The Morgan fingerprint density at radius 3 is 2.38 bits per heavy atom. The first kappa shape index (κ1) is 19.1. The van der Waals surface area contributed by atoms with Crippen LogP contribution in [-0.2, 0) is 6.54 Å². The van der Waals surface area contributed by atoms with Crippen molar-refractivity contribution in [2.45, 2.75) is 13.5 Å². The van der Waals surface area contributed by atoms with Gasteiger partial charge in [0.15, 0.2) is 5.82 Å². The Labute approximate surface area is 171 Å². The van der Waals surface area contributed by atoms with Crippen molar-refractivity contribution in [3.8, 4) is 0 Å². The number of hydrogen-bond acceptors (Lipinski definition) is 7. The topological polar surface area (TPSA) is 69.2 Å². The zero-order chi connectivity index (χ0) is 20.1. The van der Waals surface area contributed by atoms with E-state index in [4.69, 9.17) is 0 Å². The van der Waals surface area contributed by atoms with E-state index >= 15 is 0 Å². The molecule has 1 aromatic heterocycles. The molecule has 2 heterocycles. The van der Waals surface area contributed by atoms with E-state index in [-0.39, 0.29) is 0 Å². The van der Waals surface area contributed by atoms with Gasteiger partial charge in [-0.25, -0.2) is 0 Å². The number of anilines is 4. The van der Waals surface area contributed by atoms with E-state index in [1.54, 1.807) is 6.20 Å². The molecular formula is C22H27N7. The molecule has 7 nitrogen and oxygen atoms in total. The number of hydrogen-bond donors (Lipinski definition) is 2. The fourth-order valence-corrected chi connectivity index (χ4v) is 3.29. The van der Waals surface area contributed by atoms with Gasteiger partial charge in [-0.1, -0.05) is 29.8 Å². The van der Waals surface area contributed by atoms with Crippen LogP contribution in [0.5, 0.6) is 0 Å². The molecule has 0 bridgehead atoms. The highest BCUT2D eigenvalue weighted by atomic mass is 15.3. The fraction of sp³-hybridized carbons (Fsp3) is 0.318. The number of nitrogens with one attached hydrogen (secondary N) is 2. The molecule has 1 aliphatic rings. The third kappa shape index (κ3) is 5.20. The van der Waals surface area contributed by atoms with Gasteiger partial charge in [0.25, 0.3) is 0 Å². The molecule has 0 aliphatic carbocycles. The number of likely N-dealkylation sites (N-methyl/N-ethyl adjacent to an activating group) is 1. The lowest BCUT2D eigenvalue weighted by atomic mass is 10.1. The van der Waals surface area contributed by atoms with E-state index in [1.807, 2.05) is 0 Å². The molecule has 0 unspecified atom stereocenters. The maximum Gasteiger partial charge on any atom is 0.244 e. The molecule has 150 valence electrons. The van der Waals surface area contributed by atoms with Crippen molar-refractivity contribution in [3.63, 3.8) is 0 Å². The van der Waals surface area contributed by atoms with Crippen molar-refractivity contribution < 1.29 is 0 Å². The summed E-state index contributed by atoms with van der Waals surface area (Å²) in [6.45, 7) is 7.07. The van der Waals surface area contributed by atoms with Crippen LogP contribution < -0.4 is 15.5 Å². The molecule has 0 atom stereocenters. The summed E-state index contributed by atoms with van der Waals surface area (Å²) < 4.78 is 0. The third-order valence-corrected chi connectivity index (χ3v) is 5.14. The van der Waals surface area contributed by atoms with Crippen molar-refractivity contribution >= 4 is 23.1 Å². The van der Waals surface area contributed by atoms with Crippen LogP contribution in [0.2, 0.25) is 0 Å². The molecule has 0 spiro atoms. The standard InChI is InChI=1S/C22H27N7/c1-17-3-5-18(6-4-17)15-23-22-26-21(16-24-27-22)25-19-7-9-20(10-8-19)29-13-11-28(2)12-14-29/h3-10,16H,11-15H2,1-2H3,(H2,23,25,26,27). The molecule has 4 rings (SSSR count). The highest BCUT2D eigenvalue weighted by molar-refractivity contribution is 5.61. The molecule has 3 aromatic rings. The molecular weight excluding hydrogens is 362 g/mol. The van der Waals surface area contributed by atoms with Crippen LogP contribution in [-0.4, -0.2) is 53.3 Å². The maximum absolute atomic E-state index is 4.51. The number of rotatable bonds is 6. The number of nitrogens with zero attached hydrogens (tertiary/aromatic N) is 5. The lowest BCUT2D eigenvalue weighted by Gasteiger charge is -2.34. The summed E-state index contributed by atoms with van der Waals surface area (Å²) in [5, 5.41) is 14.7. The minimum absolute atomic E-state index is 0.504. The van der Waals surface area contributed by atoms with E-state index in [0.29, 0.717) is 18.3 Å². The smallest absolute Gasteiger partial charge is 0.244 e. The predicted molar refractivity (Wildman–Crippen MR) is 118 cm³/mol. The molecule has 29 heavy (non-hydrogen) atoms. The summed E-state index contributed by atoms with van der Waals surface area (Å²) in [5.41, 5.74) is 4.66. The number of aryl methyl sites for hydroxylation is 1. The second-order valence-corrected chi connectivity index (χ2v) is 7.47. The molecule has 2 N–H and O–H groups in total. The number of benzene rings is 2. The van der Waals surface area contributed by atoms with Crippen LogP contribution in [0.4, 0.5) is 23.1 Å². The van der Waals surface area contributed by atoms with Crippen LogP contribution in [0.3, 0.4) is 0 Å². The highest BCUT2D eigenvalue weighted by Gasteiger charge is 2.14. The number of aromatic nitrogens is 3. The van der Waals surface area contributed by atoms with Gasteiger partial charge in [-0.05, 0) is 43.8 Å². The molecule has 7 heteroatoms. The molecule has 1 fully saturated rings. The molecule has 1 saturated heterocycles. The minimum Gasteiger partial charge on any atom is -0.369 e. The average molecular weight is 390 g/mol. The normalized spacial score (nSPS) is 14.6. The Morgan fingerprint density at radius 2 is 1.66 bits per heavy atom. The van der Waals surface area contributed by atoms with Crippen molar-refractivity contribution in [3.05, 3.63) is 65.9 Å². The summed E-state index contributed by atoms with van der Waals surface area (Å²) in [6, 6.07) is 16.8. The van der Waals surface area contributed by atoms with Gasteiger partial charge in [-0.3, -0.25) is 0 Å². The zero-order valence-electron chi connectivity index (χ0n) is 17.0. The van der Waals surface area contributed by atoms with Gasteiger partial charge in [-0.2, -0.15) is 10.1 Å². The molecule has 2 aromatic carbocycles. The number of piperazine rings is 1. The first-order valence-electron chi connectivity index (χ1n) is 9.95. The van der Waals surface area contributed by atoms with Crippen molar-refractivity contribution in [2.24, 2.45) is 0 Å². The quantitative estimate of drug-likeness (QED) is 0.670. The van der Waals surface area contributed by atoms with Crippen LogP contribution in [0.25, 0.3) is 0 Å². The second-order valence-electron chi connectivity index (χ2n) is 7.47. The second kappa shape index (κ2) is 8.87. The van der Waals surface area contributed by atoms with E-state index in [0.717, 1.165) is 31.9 Å². The Balaban J connectivity index is 1.35. The average Bonchev–Trinajstić information content (AvgIpc) is 2.75. The Kier molecular flexibility index (Phi) is 5.86. The van der Waals surface area contributed by atoms with Gasteiger partial charge in [0.1, 0.15) is 0 Å². The van der Waals surface area contributed by atoms with Gasteiger partial charge in [0.2, 0.25) is 5.95 Å². The summed E-state index contributed by atoms with van der Waals surface area (Å²) in [7, 11) is 2.17.